The molecule has 2 aromatic rings. The number of ketones is 1. The van der Waals surface area contributed by atoms with E-state index in [2.05, 4.69) is 15.9 Å². The Morgan fingerprint density at radius 3 is 2.65 bits per heavy atom. The van der Waals surface area contributed by atoms with E-state index in [9.17, 15) is 4.79 Å². The highest BCUT2D eigenvalue weighted by Crippen LogP contribution is 2.33. The lowest BCUT2D eigenvalue weighted by molar-refractivity contribution is 0.0857. The lowest BCUT2D eigenvalue weighted by Crippen LogP contribution is -2.23. The van der Waals surface area contributed by atoms with Gasteiger partial charge in [0.1, 0.15) is 11.5 Å². The van der Waals surface area contributed by atoms with Gasteiger partial charge in [-0.1, -0.05) is 28.1 Å². The lowest BCUT2D eigenvalue weighted by atomic mass is 10.0. The number of benzene rings is 2. The first-order valence-corrected chi connectivity index (χ1v) is 7.10. The second-order valence-electron chi connectivity index (χ2n) is 4.66. The fourth-order valence-electron chi connectivity index (χ4n) is 2.28. The summed E-state index contributed by atoms with van der Waals surface area (Å²) in [5.41, 5.74) is 1.71. The Bertz CT molecular complexity index is 649. The molecule has 1 atom stereocenters. The van der Waals surface area contributed by atoms with Crippen molar-refractivity contribution in [1.29, 1.82) is 0 Å². The maximum Gasteiger partial charge on any atom is 0.207 e. The molecule has 0 amide bonds. The van der Waals surface area contributed by atoms with Crippen LogP contribution in [0, 0.1) is 0 Å². The SMILES string of the molecule is COc1ccc2c(c1)OC(Cc1ccc(Br)cc1)C2=O. The summed E-state index contributed by atoms with van der Waals surface area (Å²) in [4.78, 5) is 12.3. The largest absolute Gasteiger partial charge is 0.497 e. The molecular weight excluding hydrogens is 320 g/mol. The number of hydrogen-bond donors (Lipinski definition) is 0. The van der Waals surface area contributed by atoms with Gasteiger partial charge in [0.15, 0.2) is 6.10 Å². The molecular formula is C16H13BrO3. The van der Waals surface area contributed by atoms with Gasteiger partial charge in [-0.25, -0.2) is 0 Å². The van der Waals surface area contributed by atoms with Crippen molar-refractivity contribution < 1.29 is 14.3 Å². The number of methoxy groups -OCH3 is 1. The van der Waals surface area contributed by atoms with Gasteiger partial charge in [0.2, 0.25) is 5.78 Å². The molecule has 0 aromatic heterocycles. The number of ether oxygens (including phenoxy) is 2. The molecule has 1 heterocycles. The molecule has 0 aliphatic carbocycles. The molecule has 3 nitrogen and oxygen atoms in total. The molecule has 0 N–H and O–H groups in total. The molecule has 1 aliphatic rings. The summed E-state index contributed by atoms with van der Waals surface area (Å²) in [6, 6.07) is 13.2. The van der Waals surface area contributed by atoms with E-state index in [1.54, 1.807) is 25.3 Å². The van der Waals surface area contributed by atoms with Crippen LogP contribution in [0.2, 0.25) is 0 Å². The molecule has 0 spiro atoms. The normalized spacial score (nSPS) is 16.7. The number of carbonyl (C=O) groups excluding carboxylic acids is 1. The highest BCUT2D eigenvalue weighted by molar-refractivity contribution is 9.10. The summed E-state index contributed by atoms with van der Waals surface area (Å²) in [5, 5.41) is 0. The molecule has 4 heteroatoms. The molecule has 0 saturated carbocycles. The van der Waals surface area contributed by atoms with Crippen LogP contribution in [0.5, 0.6) is 11.5 Å². The molecule has 0 bridgehead atoms. The van der Waals surface area contributed by atoms with Crippen molar-refractivity contribution in [3.05, 3.63) is 58.1 Å². The number of Topliss-reactive ketones (excluding diaryl/α,β-unsaturated/α-hetero) is 1. The summed E-state index contributed by atoms with van der Waals surface area (Å²) in [7, 11) is 1.60. The molecule has 0 fully saturated rings. The van der Waals surface area contributed by atoms with Crippen LogP contribution in [-0.4, -0.2) is 19.0 Å². The van der Waals surface area contributed by atoms with Gasteiger partial charge in [0.25, 0.3) is 0 Å². The lowest BCUT2D eigenvalue weighted by Gasteiger charge is -2.09. The molecule has 0 saturated heterocycles. The first kappa shape index (κ1) is 13.2. The topological polar surface area (TPSA) is 35.5 Å². The van der Waals surface area contributed by atoms with Gasteiger partial charge in [-0.3, -0.25) is 4.79 Å². The third-order valence-corrected chi connectivity index (χ3v) is 3.88. The molecule has 1 aliphatic heterocycles. The Morgan fingerprint density at radius 1 is 1.20 bits per heavy atom. The average Bonchev–Trinajstić information content (AvgIpc) is 2.77. The van der Waals surface area contributed by atoms with Gasteiger partial charge in [-0.15, -0.1) is 0 Å². The van der Waals surface area contributed by atoms with Crippen LogP contribution >= 0.6 is 15.9 Å². The van der Waals surface area contributed by atoms with Crippen LogP contribution in [0.3, 0.4) is 0 Å². The van der Waals surface area contributed by atoms with E-state index in [1.165, 1.54) is 0 Å². The number of carbonyl (C=O) groups is 1. The molecule has 102 valence electrons. The van der Waals surface area contributed by atoms with E-state index in [-0.39, 0.29) is 5.78 Å². The first-order valence-electron chi connectivity index (χ1n) is 6.31. The minimum absolute atomic E-state index is 0.0329. The van der Waals surface area contributed by atoms with Crippen LogP contribution < -0.4 is 9.47 Å². The van der Waals surface area contributed by atoms with Crippen molar-refractivity contribution in [3.8, 4) is 11.5 Å². The van der Waals surface area contributed by atoms with E-state index in [0.717, 1.165) is 10.0 Å². The van der Waals surface area contributed by atoms with Gasteiger partial charge in [-0.2, -0.15) is 0 Å². The fourth-order valence-corrected chi connectivity index (χ4v) is 2.54. The molecule has 20 heavy (non-hydrogen) atoms. The highest BCUT2D eigenvalue weighted by atomic mass is 79.9. The van der Waals surface area contributed by atoms with Crippen molar-refractivity contribution in [2.45, 2.75) is 12.5 Å². The van der Waals surface area contributed by atoms with Crippen molar-refractivity contribution in [3.63, 3.8) is 0 Å². The predicted molar refractivity (Wildman–Crippen MR) is 79.6 cm³/mol. The second kappa shape index (κ2) is 5.29. The zero-order valence-corrected chi connectivity index (χ0v) is 12.5. The Balaban J connectivity index is 1.81. The van der Waals surface area contributed by atoms with Gasteiger partial charge in [0.05, 0.1) is 12.7 Å². The Hall–Kier alpha value is -1.81. The maximum absolute atomic E-state index is 12.3. The van der Waals surface area contributed by atoms with Crippen molar-refractivity contribution in [1.82, 2.24) is 0 Å². The van der Waals surface area contributed by atoms with Gasteiger partial charge in [0, 0.05) is 17.0 Å². The van der Waals surface area contributed by atoms with Crippen molar-refractivity contribution in [2.75, 3.05) is 7.11 Å². The summed E-state index contributed by atoms with van der Waals surface area (Å²) in [6.07, 6.45) is 0.126. The van der Waals surface area contributed by atoms with Gasteiger partial charge >= 0.3 is 0 Å². The maximum atomic E-state index is 12.3. The number of fused-ring (bicyclic) bond motifs is 1. The zero-order chi connectivity index (χ0) is 14.1. The van der Waals surface area contributed by atoms with Crippen LogP contribution in [0.1, 0.15) is 15.9 Å². The van der Waals surface area contributed by atoms with E-state index in [4.69, 9.17) is 9.47 Å². The van der Waals surface area contributed by atoms with Crippen LogP contribution in [0.4, 0.5) is 0 Å². The predicted octanol–water partition coefficient (Wildman–Crippen LogP) is 3.64. The van der Waals surface area contributed by atoms with E-state index in [1.807, 2.05) is 24.3 Å². The Kier molecular flexibility index (Phi) is 3.49. The molecule has 3 rings (SSSR count). The number of hydrogen-bond acceptors (Lipinski definition) is 3. The number of halogens is 1. The van der Waals surface area contributed by atoms with Crippen LogP contribution in [0.15, 0.2) is 46.9 Å². The smallest absolute Gasteiger partial charge is 0.207 e. The summed E-state index contributed by atoms with van der Waals surface area (Å²) >= 11 is 3.40. The third kappa shape index (κ3) is 2.43. The van der Waals surface area contributed by atoms with Crippen molar-refractivity contribution >= 4 is 21.7 Å². The minimum Gasteiger partial charge on any atom is -0.497 e. The highest BCUT2D eigenvalue weighted by Gasteiger charge is 2.32. The van der Waals surface area contributed by atoms with Crippen molar-refractivity contribution in [2.24, 2.45) is 0 Å². The molecule has 1 unspecified atom stereocenters. The van der Waals surface area contributed by atoms with Crippen LogP contribution in [0.25, 0.3) is 0 Å². The third-order valence-electron chi connectivity index (χ3n) is 3.35. The van der Waals surface area contributed by atoms with E-state index in [0.29, 0.717) is 23.5 Å². The molecule has 0 radical (unpaired) electrons. The first-order chi connectivity index (χ1) is 9.67. The quantitative estimate of drug-likeness (QED) is 0.860. The Labute approximate surface area is 125 Å². The second-order valence-corrected chi connectivity index (χ2v) is 5.58. The number of rotatable bonds is 3. The van der Waals surface area contributed by atoms with Gasteiger partial charge < -0.3 is 9.47 Å². The minimum atomic E-state index is -0.446. The Morgan fingerprint density at radius 2 is 1.95 bits per heavy atom. The van der Waals surface area contributed by atoms with E-state index < -0.39 is 6.10 Å². The van der Waals surface area contributed by atoms with Gasteiger partial charge in [-0.05, 0) is 29.8 Å². The zero-order valence-electron chi connectivity index (χ0n) is 10.9. The standard InChI is InChI=1S/C16H13BrO3/c1-19-12-6-7-13-14(9-12)20-15(16(13)18)8-10-2-4-11(17)5-3-10/h2-7,9,15H,8H2,1H3. The summed E-state index contributed by atoms with van der Waals surface area (Å²) in [5.74, 6) is 1.34. The average molecular weight is 333 g/mol. The summed E-state index contributed by atoms with van der Waals surface area (Å²) < 4.78 is 11.9. The van der Waals surface area contributed by atoms with Crippen LogP contribution in [-0.2, 0) is 6.42 Å². The monoisotopic (exact) mass is 332 g/mol. The molecule has 2 aromatic carbocycles. The fraction of sp³-hybridized carbons (Fsp3) is 0.188. The summed E-state index contributed by atoms with van der Waals surface area (Å²) in [6.45, 7) is 0. The van der Waals surface area contributed by atoms with E-state index >= 15 is 0 Å².